The van der Waals surface area contributed by atoms with Crippen molar-refractivity contribution in [1.29, 1.82) is 0 Å². The molecule has 26 heavy (non-hydrogen) atoms. The maximum atomic E-state index is 10.3. The first-order valence-electron chi connectivity index (χ1n) is 9.12. The number of aromatic hydroxyl groups is 1. The fourth-order valence-electron chi connectivity index (χ4n) is 4.90. The highest BCUT2D eigenvalue weighted by Gasteiger charge is 2.51. The third-order valence-electron chi connectivity index (χ3n) is 6.17. The van der Waals surface area contributed by atoms with Crippen LogP contribution in [0, 0.1) is 0 Å². The van der Waals surface area contributed by atoms with Gasteiger partial charge in [0.1, 0.15) is 17.6 Å². The summed E-state index contributed by atoms with van der Waals surface area (Å²) in [6.07, 6.45) is 4.58. The smallest absolute Gasteiger partial charge is 0.231 e. The first-order chi connectivity index (χ1) is 12.6. The number of hydrogen-bond donors (Lipinski definition) is 1. The number of hydrogen-bond acceptors (Lipinski definition) is 4. The summed E-state index contributed by atoms with van der Waals surface area (Å²) >= 11 is 0. The monoisotopic (exact) mass is 350 g/mol. The van der Waals surface area contributed by atoms with Crippen LogP contribution in [0.4, 0.5) is 0 Å². The van der Waals surface area contributed by atoms with Gasteiger partial charge in [-0.3, -0.25) is 0 Å². The highest BCUT2D eigenvalue weighted by molar-refractivity contribution is 5.55. The second-order valence-corrected chi connectivity index (χ2v) is 7.73. The van der Waals surface area contributed by atoms with E-state index in [1.54, 1.807) is 6.07 Å². The molecule has 2 aromatic carbocycles. The lowest BCUT2D eigenvalue weighted by molar-refractivity contribution is 0.174. The van der Waals surface area contributed by atoms with E-state index in [1.807, 2.05) is 12.1 Å². The third kappa shape index (κ3) is 2.14. The first-order valence-corrected chi connectivity index (χ1v) is 9.12. The summed E-state index contributed by atoms with van der Waals surface area (Å²) in [5, 5.41) is 10.3. The number of phenols is 1. The molecule has 2 aliphatic heterocycles. The van der Waals surface area contributed by atoms with E-state index in [0.717, 1.165) is 35.7 Å². The fourth-order valence-corrected chi connectivity index (χ4v) is 4.90. The number of phenolic OH excluding ortho intramolecular Hbond substituents is 1. The number of benzene rings is 2. The Morgan fingerprint density at radius 2 is 2.04 bits per heavy atom. The zero-order valence-corrected chi connectivity index (χ0v) is 14.8. The van der Waals surface area contributed by atoms with E-state index in [-0.39, 0.29) is 17.3 Å². The summed E-state index contributed by atoms with van der Waals surface area (Å²) in [5.41, 5.74) is 3.31. The zero-order chi connectivity index (χ0) is 17.9. The molecule has 2 bridgehead atoms. The van der Waals surface area contributed by atoms with Gasteiger partial charge in [0.25, 0.3) is 0 Å². The van der Waals surface area contributed by atoms with Gasteiger partial charge in [0.2, 0.25) is 6.79 Å². The molecule has 2 heterocycles. The van der Waals surface area contributed by atoms with Crippen LogP contribution in [-0.4, -0.2) is 18.0 Å². The summed E-state index contributed by atoms with van der Waals surface area (Å²) in [7, 11) is 0. The summed E-state index contributed by atoms with van der Waals surface area (Å²) in [5.74, 6) is 3.08. The Kier molecular flexibility index (Phi) is 3.27. The van der Waals surface area contributed by atoms with E-state index in [0.29, 0.717) is 19.1 Å². The second kappa shape index (κ2) is 5.44. The van der Waals surface area contributed by atoms with E-state index in [2.05, 4.69) is 31.7 Å². The summed E-state index contributed by atoms with van der Waals surface area (Å²) in [6.45, 7) is 6.41. The van der Waals surface area contributed by atoms with E-state index < -0.39 is 0 Å². The number of fused-ring (bicyclic) bond motifs is 5. The van der Waals surface area contributed by atoms with Gasteiger partial charge in [-0.15, -0.1) is 6.58 Å². The average Bonchev–Trinajstić information content (AvgIpc) is 3.18. The topological polar surface area (TPSA) is 47.9 Å². The van der Waals surface area contributed by atoms with Gasteiger partial charge < -0.3 is 19.3 Å². The number of allylic oxidation sites excluding steroid dienone is 1. The third-order valence-corrected chi connectivity index (χ3v) is 6.17. The van der Waals surface area contributed by atoms with Crippen LogP contribution in [0.1, 0.15) is 42.4 Å². The van der Waals surface area contributed by atoms with Crippen molar-refractivity contribution in [2.75, 3.05) is 6.79 Å². The average molecular weight is 350 g/mol. The lowest BCUT2D eigenvalue weighted by Gasteiger charge is -2.36. The SMILES string of the molecule is C=CCc1cc2c(cc1O)OC1CC(c3ccc4c(c3)OCO4)C2(C)C1. The molecule has 1 fully saturated rings. The van der Waals surface area contributed by atoms with Gasteiger partial charge in [0.15, 0.2) is 11.5 Å². The molecular weight excluding hydrogens is 328 g/mol. The van der Waals surface area contributed by atoms with Gasteiger partial charge >= 0.3 is 0 Å². The van der Waals surface area contributed by atoms with Crippen LogP contribution in [0.15, 0.2) is 43.0 Å². The maximum absolute atomic E-state index is 10.3. The summed E-state index contributed by atoms with van der Waals surface area (Å²) in [4.78, 5) is 0. The first kappa shape index (κ1) is 15.6. The van der Waals surface area contributed by atoms with Crippen LogP contribution in [0.25, 0.3) is 0 Å². The molecule has 2 aromatic rings. The highest BCUT2D eigenvalue weighted by Crippen LogP contribution is 2.58. The quantitative estimate of drug-likeness (QED) is 0.831. The number of ether oxygens (including phenoxy) is 3. The zero-order valence-electron chi connectivity index (χ0n) is 14.8. The Balaban J connectivity index is 1.61. The van der Waals surface area contributed by atoms with Crippen molar-refractivity contribution < 1.29 is 19.3 Å². The van der Waals surface area contributed by atoms with Gasteiger partial charge in [-0.05, 0) is 54.5 Å². The Morgan fingerprint density at radius 3 is 2.88 bits per heavy atom. The van der Waals surface area contributed by atoms with E-state index in [1.165, 1.54) is 11.1 Å². The Hall–Kier alpha value is -2.62. The van der Waals surface area contributed by atoms with Crippen LogP contribution in [0.3, 0.4) is 0 Å². The lowest BCUT2D eigenvalue weighted by Crippen LogP contribution is -2.30. The minimum Gasteiger partial charge on any atom is -0.508 e. The fraction of sp³-hybridized carbons (Fsp3) is 0.364. The van der Waals surface area contributed by atoms with Gasteiger partial charge in [-0.2, -0.15) is 0 Å². The molecule has 3 atom stereocenters. The standard InChI is InChI=1S/C22H22O4/c1-3-4-14-7-17-20(10-18(14)23)26-15-9-16(22(17,2)11-15)13-5-6-19-21(8-13)25-12-24-19/h3,5-8,10,15-16,23H,1,4,9,11-12H2,2H3. The molecular formula is C22H22O4. The van der Waals surface area contributed by atoms with Gasteiger partial charge in [-0.25, -0.2) is 0 Å². The van der Waals surface area contributed by atoms with Gasteiger partial charge in [0.05, 0.1) is 0 Å². The van der Waals surface area contributed by atoms with E-state index in [9.17, 15) is 5.11 Å². The molecule has 0 amide bonds. The van der Waals surface area contributed by atoms with E-state index in [4.69, 9.17) is 14.2 Å². The number of rotatable bonds is 3. The Morgan fingerprint density at radius 1 is 1.19 bits per heavy atom. The minimum atomic E-state index is -0.0322. The minimum absolute atomic E-state index is 0.0322. The molecule has 0 saturated heterocycles. The summed E-state index contributed by atoms with van der Waals surface area (Å²) in [6, 6.07) is 10.2. The van der Waals surface area contributed by atoms with Crippen LogP contribution >= 0.6 is 0 Å². The maximum Gasteiger partial charge on any atom is 0.231 e. The summed E-state index contributed by atoms with van der Waals surface area (Å²) < 4.78 is 17.2. The van der Waals surface area contributed by atoms with Crippen molar-refractivity contribution in [1.82, 2.24) is 0 Å². The van der Waals surface area contributed by atoms with Crippen molar-refractivity contribution in [3.8, 4) is 23.0 Å². The molecule has 1 saturated carbocycles. The molecule has 1 aliphatic carbocycles. The lowest BCUT2D eigenvalue weighted by atomic mass is 9.70. The molecule has 0 radical (unpaired) electrons. The van der Waals surface area contributed by atoms with Crippen LogP contribution in [-0.2, 0) is 11.8 Å². The normalized spacial score (nSPS) is 27.7. The molecule has 0 spiro atoms. The molecule has 5 rings (SSSR count). The van der Waals surface area contributed by atoms with Gasteiger partial charge in [0, 0.05) is 17.0 Å². The molecule has 4 nitrogen and oxygen atoms in total. The van der Waals surface area contributed by atoms with Crippen molar-refractivity contribution >= 4 is 0 Å². The van der Waals surface area contributed by atoms with Crippen LogP contribution in [0.2, 0.25) is 0 Å². The molecule has 134 valence electrons. The van der Waals surface area contributed by atoms with Crippen LogP contribution < -0.4 is 14.2 Å². The highest BCUT2D eigenvalue weighted by atomic mass is 16.7. The molecule has 1 N–H and O–H groups in total. The molecule has 0 aromatic heterocycles. The molecule has 3 aliphatic rings. The second-order valence-electron chi connectivity index (χ2n) is 7.73. The van der Waals surface area contributed by atoms with Crippen LogP contribution in [0.5, 0.6) is 23.0 Å². The van der Waals surface area contributed by atoms with E-state index >= 15 is 0 Å². The predicted octanol–water partition coefficient (Wildman–Crippen LogP) is 4.45. The Labute approximate surface area is 153 Å². The van der Waals surface area contributed by atoms with Crippen molar-refractivity contribution in [3.05, 3.63) is 59.7 Å². The predicted molar refractivity (Wildman–Crippen MR) is 98.3 cm³/mol. The largest absolute Gasteiger partial charge is 0.508 e. The molecule has 4 heteroatoms. The van der Waals surface area contributed by atoms with Crippen molar-refractivity contribution in [3.63, 3.8) is 0 Å². The Bertz CT molecular complexity index is 903. The molecule has 3 unspecified atom stereocenters. The van der Waals surface area contributed by atoms with Crippen molar-refractivity contribution in [2.24, 2.45) is 0 Å². The van der Waals surface area contributed by atoms with Crippen molar-refractivity contribution in [2.45, 2.75) is 43.6 Å². The van der Waals surface area contributed by atoms with Gasteiger partial charge in [-0.1, -0.05) is 19.1 Å².